The molecular formula is C13H10BrN3S. The number of nitrogens with zero attached hydrogens (tertiary/aromatic N) is 2. The van der Waals surface area contributed by atoms with E-state index in [-0.39, 0.29) is 0 Å². The van der Waals surface area contributed by atoms with Gasteiger partial charge in [0.25, 0.3) is 0 Å². The second-order valence-corrected chi connectivity index (χ2v) is 6.26. The van der Waals surface area contributed by atoms with Crippen molar-refractivity contribution in [3.05, 3.63) is 52.1 Å². The fourth-order valence-corrected chi connectivity index (χ4v) is 3.24. The maximum atomic E-state index is 4.30. The minimum atomic E-state index is 0.766. The standard InChI is InChI=1S/C13H10BrN3S/c14-11-6-10-12(18-11)13(17-8-16-10)15-7-9-4-2-1-3-5-9/h1-6,8H,7H2,(H,15,16,17). The van der Waals surface area contributed by atoms with Crippen molar-refractivity contribution in [2.75, 3.05) is 5.32 Å². The Bertz CT molecular complexity index is 666. The van der Waals surface area contributed by atoms with Crippen molar-refractivity contribution in [3.8, 4) is 0 Å². The summed E-state index contributed by atoms with van der Waals surface area (Å²) in [6.45, 7) is 0.766. The van der Waals surface area contributed by atoms with E-state index in [0.717, 1.165) is 26.4 Å². The zero-order chi connectivity index (χ0) is 12.4. The van der Waals surface area contributed by atoms with E-state index in [0.29, 0.717) is 0 Å². The molecule has 0 bridgehead atoms. The molecule has 0 spiro atoms. The maximum Gasteiger partial charge on any atom is 0.147 e. The lowest BCUT2D eigenvalue weighted by molar-refractivity contribution is 1.11. The summed E-state index contributed by atoms with van der Waals surface area (Å²) in [4.78, 5) is 8.55. The Balaban J connectivity index is 1.86. The molecule has 18 heavy (non-hydrogen) atoms. The van der Waals surface area contributed by atoms with Gasteiger partial charge < -0.3 is 5.32 Å². The zero-order valence-electron chi connectivity index (χ0n) is 9.43. The summed E-state index contributed by atoms with van der Waals surface area (Å²) in [7, 11) is 0. The number of fused-ring (bicyclic) bond motifs is 1. The molecule has 0 fully saturated rings. The fourth-order valence-electron chi connectivity index (χ4n) is 1.73. The third kappa shape index (κ3) is 2.37. The SMILES string of the molecule is Brc1cc2ncnc(NCc3ccccc3)c2s1. The second-order valence-electron chi connectivity index (χ2n) is 3.83. The summed E-state index contributed by atoms with van der Waals surface area (Å²) in [5.74, 6) is 0.888. The fraction of sp³-hybridized carbons (Fsp3) is 0.0769. The van der Waals surface area contributed by atoms with E-state index in [1.807, 2.05) is 24.3 Å². The summed E-state index contributed by atoms with van der Waals surface area (Å²) < 4.78 is 2.15. The minimum Gasteiger partial charge on any atom is -0.365 e. The molecule has 5 heteroatoms. The van der Waals surface area contributed by atoms with Crippen LogP contribution in [0.3, 0.4) is 0 Å². The molecule has 3 nitrogen and oxygen atoms in total. The average molecular weight is 320 g/mol. The lowest BCUT2D eigenvalue weighted by atomic mass is 10.2. The largest absolute Gasteiger partial charge is 0.365 e. The molecule has 2 heterocycles. The van der Waals surface area contributed by atoms with Gasteiger partial charge in [-0.1, -0.05) is 30.3 Å². The van der Waals surface area contributed by atoms with Crippen molar-refractivity contribution in [3.63, 3.8) is 0 Å². The number of thiophene rings is 1. The quantitative estimate of drug-likeness (QED) is 0.790. The number of hydrogen-bond acceptors (Lipinski definition) is 4. The van der Waals surface area contributed by atoms with Gasteiger partial charge in [0.2, 0.25) is 0 Å². The van der Waals surface area contributed by atoms with E-state index >= 15 is 0 Å². The van der Waals surface area contributed by atoms with E-state index in [1.165, 1.54) is 5.56 Å². The Morgan fingerprint density at radius 3 is 2.83 bits per heavy atom. The Kier molecular flexibility index (Phi) is 3.25. The van der Waals surface area contributed by atoms with Crippen molar-refractivity contribution in [2.24, 2.45) is 0 Å². The average Bonchev–Trinajstić information content (AvgIpc) is 2.78. The van der Waals surface area contributed by atoms with Gasteiger partial charge in [0.1, 0.15) is 12.1 Å². The molecule has 2 aromatic heterocycles. The van der Waals surface area contributed by atoms with Crippen LogP contribution in [0.5, 0.6) is 0 Å². The molecule has 90 valence electrons. The number of halogens is 1. The summed E-state index contributed by atoms with van der Waals surface area (Å²) in [5.41, 5.74) is 2.21. The van der Waals surface area contributed by atoms with Gasteiger partial charge in [-0.05, 0) is 27.6 Å². The van der Waals surface area contributed by atoms with Crippen LogP contribution in [-0.4, -0.2) is 9.97 Å². The summed E-state index contributed by atoms with van der Waals surface area (Å²) >= 11 is 5.12. The first-order valence-electron chi connectivity index (χ1n) is 5.51. The van der Waals surface area contributed by atoms with E-state index in [2.05, 4.69) is 43.3 Å². The van der Waals surface area contributed by atoms with Crippen LogP contribution >= 0.6 is 27.3 Å². The van der Waals surface area contributed by atoms with Crippen LogP contribution in [0.15, 0.2) is 46.5 Å². The number of aromatic nitrogens is 2. The normalized spacial score (nSPS) is 10.7. The van der Waals surface area contributed by atoms with Gasteiger partial charge in [-0.2, -0.15) is 0 Å². The lowest BCUT2D eigenvalue weighted by Crippen LogP contribution is -2.01. The smallest absolute Gasteiger partial charge is 0.147 e. The maximum absolute atomic E-state index is 4.30. The molecule has 0 unspecified atom stereocenters. The van der Waals surface area contributed by atoms with Crippen molar-refractivity contribution in [2.45, 2.75) is 6.54 Å². The molecular weight excluding hydrogens is 310 g/mol. The number of hydrogen-bond donors (Lipinski definition) is 1. The van der Waals surface area contributed by atoms with Gasteiger partial charge in [0.15, 0.2) is 0 Å². The predicted molar refractivity (Wildman–Crippen MR) is 78.9 cm³/mol. The summed E-state index contributed by atoms with van der Waals surface area (Å²) in [5, 5.41) is 3.36. The van der Waals surface area contributed by atoms with Crippen molar-refractivity contribution < 1.29 is 0 Å². The van der Waals surface area contributed by atoms with Gasteiger partial charge >= 0.3 is 0 Å². The number of nitrogens with one attached hydrogen (secondary N) is 1. The Hall–Kier alpha value is -1.46. The van der Waals surface area contributed by atoms with Gasteiger partial charge in [-0.25, -0.2) is 9.97 Å². The highest BCUT2D eigenvalue weighted by atomic mass is 79.9. The van der Waals surface area contributed by atoms with Gasteiger partial charge in [-0.3, -0.25) is 0 Å². The van der Waals surface area contributed by atoms with Crippen LogP contribution < -0.4 is 5.32 Å². The summed E-state index contributed by atoms with van der Waals surface area (Å²) in [6, 6.07) is 12.3. The van der Waals surface area contributed by atoms with Crippen LogP contribution in [0.2, 0.25) is 0 Å². The Morgan fingerprint density at radius 1 is 1.17 bits per heavy atom. The molecule has 0 aliphatic carbocycles. The highest BCUT2D eigenvalue weighted by Crippen LogP contribution is 2.32. The molecule has 0 saturated heterocycles. The second kappa shape index (κ2) is 5.04. The minimum absolute atomic E-state index is 0.766. The van der Waals surface area contributed by atoms with Crippen LogP contribution in [-0.2, 0) is 6.54 Å². The van der Waals surface area contributed by atoms with E-state index in [4.69, 9.17) is 0 Å². The molecule has 3 rings (SSSR count). The molecule has 0 atom stereocenters. The van der Waals surface area contributed by atoms with E-state index < -0.39 is 0 Å². The van der Waals surface area contributed by atoms with Crippen molar-refractivity contribution in [1.29, 1.82) is 0 Å². The summed E-state index contributed by atoms with van der Waals surface area (Å²) in [6.07, 6.45) is 1.59. The van der Waals surface area contributed by atoms with Gasteiger partial charge in [0, 0.05) is 6.54 Å². The first-order valence-corrected chi connectivity index (χ1v) is 7.12. The van der Waals surface area contributed by atoms with Crippen LogP contribution in [0.4, 0.5) is 5.82 Å². The van der Waals surface area contributed by atoms with Crippen molar-refractivity contribution in [1.82, 2.24) is 9.97 Å². The highest BCUT2D eigenvalue weighted by Gasteiger charge is 2.07. The lowest BCUT2D eigenvalue weighted by Gasteiger charge is -2.05. The monoisotopic (exact) mass is 319 g/mol. The van der Waals surface area contributed by atoms with Gasteiger partial charge in [-0.15, -0.1) is 11.3 Å². The first kappa shape index (κ1) is 11.6. The Morgan fingerprint density at radius 2 is 2.00 bits per heavy atom. The van der Waals surface area contributed by atoms with Crippen LogP contribution in [0, 0.1) is 0 Å². The number of benzene rings is 1. The first-order chi connectivity index (χ1) is 8.83. The van der Waals surface area contributed by atoms with Crippen LogP contribution in [0.1, 0.15) is 5.56 Å². The van der Waals surface area contributed by atoms with E-state index in [1.54, 1.807) is 17.7 Å². The predicted octanol–water partition coefficient (Wildman–Crippen LogP) is 4.07. The van der Waals surface area contributed by atoms with Gasteiger partial charge in [0.05, 0.1) is 14.0 Å². The molecule has 0 saturated carbocycles. The molecule has 1 aromatic carbocycles. The topological polar surface area (TPSA) is 37.8 Å². The van der Waals surface area contributed by atoms with Crippen LogP contribution in [0.25, 0.3) is 10.2 Å². The third-order valence-electron chi connectivity index (χ3n) is 2.58. The molecule has 0 radical (unpaired) electrons. The van der Waals surface area contributed by atoms with Crippen molar-refractivity contribution >= 4 is 43.3 Å². The zero-order valence-corrected chi connectivity index (χ0v) is 11.8. The number of anilines is 1. The molecule has 0 amide bonds. The molecule has 1 N–H and O–H groups in total. The molecule has 0 aliphatic rings. The molecule has 3 aromatic rings. The number of rotatable bonds is 3. The van der Waals surface area contributed by atoms with E-state index in [9.17, 15) is 0 Å². The third-order valence-corrected chi connectivity index (χ3v) is 4.22. The Labute approximate surface area is 117 Å². The highest BCUT2D eigenvalue weighted by molar-refractivity contribution is 9.11. The molecule has 0 aliphatic heterocycles.